The second-order valence-corrected chi connectivity index (χ2v) is 7.06. The summed E-state index contributed by atoms with van der Waals surface area (Å²) in [6.07, 6.45) is 2.62. The maximum atomic E-state index is 12.8. The van der Waals surface area contributed by atoms with Gasteiger partial charge >= 0.3 is 0 Å². The molecule has 0 fully saturated rings. The first-order chi connectivity index (χ1) is 13.6. The average molecular weight is 395 g/mol. The molecule has 0 saturated carbocycles. The van der Waals surface area contributed by atoms with E-state index in [9.17, 15) is 9.59 Å². The van der Waals surface area contributed by atoms with Crippen LogP contribution < -0.4 is 10.6 Å². The van der Waals surface area contributed by atoms with Gasteiger partial charge in [0.1, 0.15) is 0 Å². The molecule has 0 atom stereocenters. The van der Waals surface area contributed by atoms with Crippen molar-refractivity contribution in [2.75, 3.05) is 10.6 Å². The third-order valence-corrected chi connectivity index (χ3v) is 4.89. The number of rotatable bonds is 4. The second-order valence-electron chi connectivity index (χ2n) is 6.62. The van der Waals surface area contributed by atoms with E-state index in [4.69, 9.17) is 11.6 Å². The molecule has 3 aromatic rings. The Bertz CT molecular complexity index is 1030. The molecule has 1 aliphatic rings. The van der Waals surface area contributed by atoms with Crippen LogP contribution in [0.25, 0.3) is 0 Å². The van der Waals surface area contributed by atoms with Crippen molar-refractivity contribution in [3.05, 3.63) is 76.8 Å². The number of benzene rings is 2. The number of aromatic nitrogens is 2. The molecule has 2 N–H and O–H groups in total. The van der Waals surface area contributed by atoms with Crippen molar-refractivity contribution >= 4 is 34.8 Å². The van der Waals surface area contributed by atoms with Gasteiger partial charge in [-0.3, -0.25) is 9.59 Å². The van der Waals surface area contributed by atoms with Crippen molar-refractivity contribution in [3.8, 4) is 0 Å². The lowest BCUT2D eigenvalue weighted by Crippen LogP contribution is -2.21. The zero-order valence-electron chi connectivity index (χ0n) is 15.1. The molecule has 0 bridgehead atoms. The highest BCUT2D eigenvalue weighted by Crippen LogP contribution is 2.23. The highest BCUT2D eigenvalue weighted by atomic mass is 35.5. The summed E-state index contributed by atoms with van der Waals surface area (Å²) in [5.41, 5.74) is 2.36. The SMILES string of the molecule is O=C(Nc1cccc(Cl)c1)c1nc(C(=O)Nc2ccccc2)n2c1CCCC2. The van der Waals surface area contributed by atoms with Gasteiger partial charge in [0.05, 0.1) is 5.69 Å². The number of halogens is 1. The molecule has 2 heterocycles. The smallest absolute Gasteiger partial charge is 0.291 e. The van der Waals surface area contributed by atoms with E-state index >= 15 is 0 Å². The number of nitrogens with one attached hydrogen (secondary N) is 2. The number of imidazole rings is 1. The Balaban J connectivity index is 1.63. The first-order valence-electron chi connectivity index (χ1n) is 9.14. The molecule has 142 valence electrons. The molecule has 0 saturated heterocycles. The zero-order chi connectivity index (χ0) is 19.5. The minimum absolute atomic E-state index is 0.259. The van der Waals surface area contributed by atoms with Crippen molar-refractivity contribution in [2.45, 2.75) is 25.8 Å². The Hall–Kier alpha value is -3.12. The van der Waals surface area contributed by atoms with Gasteiger partial charge in [-0.05, 0) is 49.6 Å². The number of amides is 2. The van der Waals surface area contributed by atoms with E-state index in [0.717, 1.165) is 18.5 Å². The summed E-state index contributed by atoms with van der Waals surface area (Å²) in [5, 5.41) is 6.20. The number of carbonyl (C=O) groups excluding carboxylic acids is 2. The number of para-hydroxylation sites is 1. The van der Waals surface area contributed by atoms with Gasteiger partial charge in [-0.25, -0.2) is 4.98 Å². The van der Waals surface area contributed by atoms with Gasteiger partial charge in [-0.2, -0.15) is 0 Å². The van der Waals surface area contributed by atoms with Crippen LogP contribution in [0.15, 0.2) is 54.6 Å². The monoisotopic (exact) mass is 394 g/mol. The van der Waals surface area contributed by atoms with Crippen LogP contribution in [0, 0.1) is 0 Å². The van der Waals surface area contributed by atoms with Gasteiger partial charge < -0.3 is 15.2 Å². The summed E-state index contributed by atoms with van der Waals surface area (Å²) in [6, 6.07) is 16.1. The zero-order valence-corrected chi connectivity index (χ0v) is 15.9. The molecule has 6 nitrogen and oxygen atoms in total. The summed E-state index contributed by atoms with van der Waals surface area (Å²) in [7, 11) is 0. The Kier molecular flexibility index (Phi) is 5.12. The number of carbonyl (C=O) groups is 2. The van der Waals surface area contributed by atoms with Crippen molar-refractivity contribution in [3.63, 3.8) is 0 Å². The van der Waals surface area contributed by atoms with Crippen LogP contribution in [0.4, 0.5) is 11.4 Å². The van der Waals surface area contributed by atoms with Crippen LogP contribution in [0.1, 0.15) is 39.6 Å². The van der Waals surface area contributed by atoms with Crippen LogP contribution in [0.5, 0.6) is 0 Å². The predicted molar refractivity (Wildman–Crippen MR) is 109 cm³/mol. The number of anilines is 2. The summed E-state index contributed by atoms with van der Waals surface area (Å²) in [6.45, 7) is 0.671. The normalized spacial score (nSPS) is 12.9. The second kappa shape index (κ2) is 7.86. The minimum atomic E-state index is -0.341. The third kappa shape index (κ3) is 3.77. The van der Waals surface area contributed by atoms with Gasteiger partial charge in [-0.15, -0.1) is 0 Å². The largest absolute Gasteiger partial charge is 0.323 e. The van der Waals surface area contributed by atoms with E-state index in [2.05, 4.69) is 15.6 Å². The minimum Gasteiger partial charge on any atom is -0.323 e. The first-order valence-corrected chi connectivity index (χ1v) is 9.52. The van der Waals surface area contributed by atoms with E-state index in [-0.39, 0.29) is 23.3 Å². The number of hydrogen-bond acceptors (Lipinski definition) is 3. The van der Waals surface area contributed by atoms with E-state index in [1.165, 1.54) is 0 Å². The molecule has 0 radical (unpaired) electrons. The quantitative estimate of drug-likeness (QED) is 0.689. The van der Waals surface area contributed by atoms with Crippen molar-refractivity contribution in [1.82, 2.24) is 9.55 Å². The molecule has 28 heavy (non-hydrogen) atoms. The Morgan fingerprint density at radius 1 is 0.929 bits per heavy atom. The number of fused-ring (bicyclic) bond motifs is 1. The Morgan fingerprint density at radius 3 is 2.46 bits per heavy atom. The van der Waals surface area contributed by atoms with Gasteiger partial charge in [0.25, 0.3) is 11.8 Å². The van der Waals surface area contributed by atoms with Crippen LogP contribution in [0.2, 0.25) is 5.02 Å². The predicted octanol–water partition coefficient (Wildman–Crippen LogP) is 4.38. The highest BCUT2D eigenvalue weighted by molar-refractivity contribution is 6.31. The molecule has 0 aliphatic carbocycles. The molecule has 2 amide bonds. The molecule has 0 unspecified atom stereocenters. The van der Waals surface area contributed by atoms with Gasteiger partial charge in [0.15, 0.2) is 11.5 Å². The first kappa shape index (κ1) is 18.3. The van der Waals surface area contributed by atoms with E-state index in [1.54, 1.807) is 24.3 Å². The Labute approximate surface area is 167 Å². The van der Waals surface area contributed by atoms with E-state index < -0.39 is 0 Å². The molecule has 7 heteroatoms. The standard InChI is InChI=1S/C21H19ClN4O2/c22-14-7-6-10-16(13-14)24-20(27)18-17-11-4-5-12-26(17)19(25-18)21(28)23-15-8-2-1-3-9-15/h1-3,6-10,13H,4-5,11-12H2,(H,23,28)(H,24,27). The molecule has 0 spiro atoms. The van der Waals surface area contributed by atoms with Crippen molar-refractivity contribution in [1.29, 1.82) is 0 Å². The van der Waals surface area contributed by atoms with Crippen molar-refractivity contribution < 1.29 is 9.59 Å². The van der Waals surface area contributed by atoms with Crippen molar-refractivity contribution in [2.24, 2.45) is 0 Å². The van der Waals surface area contributed by atoms with Gasteiger partial charge in [0.2, 0.25) is 0 Å². The number of nitrogens with zero attached hydrogens (tertiary/aromatic N) is 2. The fourth-order valence-corrected chi connectivity index (χ4v) is 3.55. The highest BCUT2D eigenvalue weighted by Gasteiger charge is 2.27. The molecule has 4 rings (SSSR count). The van der Waals surface area contributed by atoms with Crippen LogP contribution in [0.3, 0.4) is 0 Å². The average Bonchev–Trinajstić information content (AvgIpc) is 3.09. The van der Waals surface area contributed by atoms with Gasteiger partial charge in [-0.1, -0.05) is 35.9 Å². The fraction of sp³-hybridized carbons (Fsp3) is 0.190. The molecular formula is C21H19ClN4O2. The summed E-state index contributed by atoms with van der Waals surface area (Å²) >= 11 is 5.99. The van der Waals surface area contributed by atoms with Gasteiger partial charge in [0, 0.05) is 22.9 Å². The summed E-state index contributed by atoms with van der Waals surface area (Å²) in [4.78, 5) is 30.0. The molecule has 2 aromatic carbocycles. The van der Waals surface area contributed by atoms with Crippen LogP contribution in [-0.2, 0) is 13.0 Å². The van der Waals surface area contributed by atoms with E-state index in [1.807, 2.05) is 34.9 Å². The lowest BCUT2D eigenvalue weighted by Gasteiger charge is -2.17. The summed E-state index contributed by atoms with van der Waals surface area (Å²) < 4.78 is 1.86. The lowest BCUT2D eigenvalue weighted by atomic mass is 10.1. The van der Waals surface area contributed by atoms with E-state index in [0.29, 0.717) is 29.4 Å². The topological polar surface area (TPSA) is 76.0 Å². The lowest BCUT2D eigenvalue weighted by molar-refractivity contribution is 0.101. The summed E-state index contributed by atoms with van der Waals surface area (Å²) in [5.74, 6) is -0.405. The Morgan fingerprint density at radius 2 is 1.68 bits per heavy atom. The fourth-order valence-electron chi connectivity index (χ4n) is 3.36. The molecular weight excluding hydrogens is 376 g/mol. The van der Waals surface area contributed by atoms with Crippen LogP contribution >= 0.6 is 11.6 Å². The maximum Gasteiger partial charge on any atom is 0.291 e. The molecule has 1 aromatic heterocycles. The number of hydrogen-bond donors (Lipinski definition) is 2. The molecule has 1 aliphatic heterocycles. The van der Waals surface area contributed by atoms with Crippen LogP contribution in [-0.4, -0.2) is 21.4 Å². The third-order valence-electron chi connectivity index (χ3n) is 4.65. The maximum absolute atomic E-state index is 12.8.